The van der Waals surface area contributed by atoms with Crippen LogP contribution in [0.1, 0.15) is 89.1 Å². The van der Waals surface area contributed by atoms with Crippen LogP contribution in [0.25, 0.3) is 0 Å². The highest BCUT2D eigenvalue weighted by atomic mass is 19.4. The van der Waals surface area contributed by atoms with Gasteiger partial charge in [0.25, 0.3) is 0 Å². The second kappa shape index (κ2) is 18.2. The Morgan fingerprint density at radius 1 is 1.07 bits per heavy atom. The molecule has 3 rings (SSSR count). The number of allylic oxidation sites excluding steroid dienone is 5. The van der Waals surface area contributed by atoms with E-state index in [0.717, 1.165) is 22.8 Å². The number of benzene rings is 2. The molecule has 0 fully saturated rings. The van der Waals surface area contributed by atoms with Crippen LogP contribution in [0, 0.1) is 18.2 Å². The molecule has 0 saturated heterocycles. The topological polar surface area (TPSA) is 43.1 Å². The van der Waals surface area contributed by atoms with Gasteiger partial charge in [-0.15, -0.1) is 0 Å². The Labute approximate surface area is 244 Å². The Bertz CT molecular complexity index is 1190. The fourth-order valence-corrected chi connectivity index (χ4v) is 3.65. The smallest absolute Gasteiger partial charge is 0.321 e. The van der Waals surface area contributed by atoms with Gasteiger partial charge in [0.1, 0.15) is 12.1 Å². The predicted octanol–water partition coefficient (Wildman–Crippen LogP) is 10.4. The number of hydrogen-bond acceptors (Lipinski definition) is 2. The van der Waals surface area contributed by atoms with Crippen molar-refractivity contribution in [2.24, 2.45) is 11.1 Å². The van der Waals surface area contributed by atoms with Crippen molar-refractivity contribution in [3.63, 3.8) is 0 Å². The van der Waals surface area contributed by atoms with Gasteiger partial charge in [-0.25, -0.2) is 4.39 Å². The molecule has 0 bridgehead atoms. The zero-order valence-corrected chi connectivity index (χ0v) is 25.7. The number of nitrogens with two attached hydrogens (primary N) is 1. The van der Waals surface area contributed by atoms with Gasteiger partial charge in [-0.1, -0.05) is 114 Å². The Kier molecular flexibility index (Phi) is 16.8. The molecular weight excluding hydrogens is 526 g/mol. The number of halogens is 4. The Hall–Kier alpha value is -3.25. The number of carbonyl (C=O) groups excluding carboxylic acids is 1. The van der Waals surface area contributed by atoms with E-state index < -0.39 is 17.2 Å². The molecule has 41 heavy (non-hydrogen) atoms. The van der Waals surface area contributed by atoms with Crippen molar-refractivity contribution in [3.8, 4) is 0 Å². The minimum Gasteiger partial charge on any atom is -0.321 e. The Morgan fingerprint density at radius 3 is 2.05 bits per heavy atom. The highest BCUT2D eigenvalue weighted by molar-refractivity contribution is 5.76. The monoisotopic (exact) mass is 573 g/mol. The average Bonchev–Trinajstić information content (AvgIpc) is 3.25. The molecular formula is C35H47F4NO. The van der Waals surface area contributed by atoms with Gasteiger partial charge in [-0.3, -0.25) is 0 Å². The first-order valence-corrected chi connectivity index (χ1v) is 14.0. The molecule has 1 aliphatic carbocycles. The maximum atomic E-state index is 13.1. The lowest BCUT2D eigenvalue weighted by atomic mass is 9.77. The number of aldehydes is 1. The van der Waals surface area contributed by atoms with Gasteiger partial charge in [0.2, 0.25) is 0 Å². The van der Waals surface area contributed by atoms with E-state index in [-0.39, 0.29) is 23.8 Å². The third-order valence-electron chi connectivity index (χ3n) is 6.38. The summed E-state index contributed by atoms with van der Waals surface area (Å²) in [5.74, 6) is -0.214. The van der Waals surface area contributed by atoms with Crippen LogP contribution in [-0.2, 0) is 17.4 Å². The third kappa shape index (κ3) is 11.6. The van der Waals surface area contributed by atoms with Crippen LogP contribution in [0.5, 0.6) is 0 Å². The summed E-state index contributed by atoms with van der Waals surface area (Å²) in [6.45, 7) is 21.6. The fourth-order valence-electron chi connectivity index (χ4n) is 3.65. The van der Waals surface area contributed by atoms with Gasteiger partial charge in [-0.05, 0) is 67.2 Å². The maximum Gasteiger partial charge on any atom is 0.416 e. The quantitative estimate of drug-likeness (QED) is 0.212. The summed E-state index contributed by atoms with van der Waals surface area (Å²) in [6.07, 6.45) is 5.24. The predicted molar refractivity (Wildman–Crippen MR) is 165 cm³/mol. The highest BCUT2D eigenvalue weighted by Gasteiger charge is 2.39. The van der Waals surface area contributed by atoms with Crippen LogP contribution in [0.3, 0.4) is 0 Å². The average molecular weight is 574 g/mol. The number of unbranched alkanes of at least 4 members (excludes halogenated alkanes) is 1. The molecule has 6 heteroatoms. The molecule has 0 spiro atoms. The molecule has 2 atom stereocenters. The lowest BCUT2D eigenvalue weighted by molar-refractivity contribution is -0.138. The zero-order valence-electron chi connectivity index (χ0n) is 25.7. The molecule has 1 aliphatic rings. The Balaban J connectivity index is 0.000000679. The molecule has 0 amide bonds. The zero-order chi connectivity index (χ0) is 31.8. The molecule has 2 nitrogen and oxygen atoms in total. The van der Waals surface area contributed by atoms with Gasteiger partial charge in [0, 0.05) is 0 Å². The van der Waals surface area contributed by atoms with E-state index in [4.69, 9.17) is 5.73 Å². The summed E-state index contributed by atoms with van der Waals surface area (Å²) < 4.78 is 52.3. The summed E-state index contributed by atoms with van der Waals surface area (Å²) in [6, 6.07) is 10.1. The van der Waals surface area contributed by atoms with E-state index in [9.17, 15) is 22.4 Å². The van der Waals surface area contributed by atoms with E-state index in [1.54, 1.807) is 44.2 Å². The molecule has 2 N–H and O–H groups in total. The van der Waals surface area contributed by atoms with E-state index in [2.05, 4.69) is 40.9 Å². The normalized spacial score (nSPS) is 17.4. The van der Waals surface area contributed by atoms with E-state index in [1.807, 2.05) is 13.0 Å². The van der Waals surface area contributed by atoms with E-state index >= 15 is 0 Å². The SMILES string of the molecule is C=C(C)C(N)c1ccc(C)c(F)c1.C=C1/C(=C\C)C=CC1(C=O)Cc1ccccc1C(F)(F)F.CCC.CCCC. The number of alkyl halides is 3. The molecule has 2 unspecified atom stereocenters. The summed E-state index contributed by atoms with van der Waals surface area (Å²) >= 11 is 0. The van der Waals surface area contributed by atoms with Crippen LogP contribution in [0.15, 0.2) is 90.6 Å². The maximum absolute atomic E-state index is 13.1. The van der Waals surface area contributed by atoms with Crippen molar-refractivity contribution in [2.75, 3.05) is 0 Å². The second-order valence-corrected chi connectivity index (χ2v) is 10.1. The third-order valence-corrected chi connectivity index (χ3v) is 6.38. The summed E-state index contributed by atoms with van der Waals surface area (Å²) in [5.41, 5.74) is 7.66. The molecule has 226 valence electrons. The van der Waals surface area contributed by atoms with Crippen LogP contribution in [0.2, 0.25) is 0 Å². The second-order valence-electron chi connectivity index (χ2n) is 10.1. The van der Waals surface area contributed by atoms with Gasteiger partial charge >= 0.3 is 6.18 Å². The van der Waals surface area contributed by atoms with Crippen molar-refractivity contribution in [2.45, 2.75) is 86.4 Å². The molecule has 2 aromatic rings. The number of carbonyl (C=O) groups is 1. The van der Waals surface area contributed by atoms with Gasteiger partial charge in [0.05, 0.1) is 17.0 Å². The summed E-state index contributed by atoms with van der Waals surface area (Å²) in [7, 11) is 0. The lowest BCUT2D eigenvalue weighted by Crippen LogP contribution is -2.24. The molecule has 0 aliphatic heterocycles. The molecule has 0 saturated carbocycles. The first-order chi connectivity index (χ1) is 19.2. The first-order valence-electron chi connectivity index (χ1n) is 14.0. The van der Waals surface area contributed by atoms with Crippen LogP contribution in [0.4, 0.5) is 17.6 Å². The fraction of sp³-hybridized carbons (Fsp3) is 0.400. The minimum absolute atomic E-state index is 0.0428. The van der Waals surface area contributed by atoms with Crippen molar-refractivity contribution in [1.82, 2.24) is 0 Å². The minimum atomic E-state index is -4.44. The van der Waals surface area contributed by atoms with Gasteiger partial charge < -0.3 is 10.5 Å². The van der Waals surface area contributed by atoms with Crippen molar-refractivity contribution < 1.29 is 22.4 Å². The number of rotatable bonds is 6. The largest absolute Gasteiger partial charge is 0.416 e. The first kappa shape index (κ1) is 37.8. The number of aryl methyl sites for hydroxylation is 1. The highest BCUT2D eigenvalue weighted by Crippen LogP contribution is 2.43. The van der Waals surface area contributed by atoms with Crippen LogP contribution < -0.4 is 5.73 Å². The standard InChI is InChI=1S/C17H15F3O.C11H14FN.C4H10.C3H8/c1-3-13-8-9-16(11-21,12(13)2)10-14-6-4-5-7-15(14)17(18,19)20;1-7(2)11(13)9-5-4-8(3)10(12)6-9;1-3-4-2;1-3-2/h3-9,11H,2,10H2,1H3;4-6,11H,1,13H2,2-3H3;3-4H2,1-2H3;3H2,1-2H3/b13-3-;;;. The van der Waals surface area contributed by atoms with E-state index in [0.29, 0.717) is 17.4 Å². The molecule has 0 heterocycles. The molecule has 0 radical (unpaired) electrons. The van der Waals surface area contributed by atoms with Gasteiger partial charge in [0.15, 0.2) is 0 Å². The van der Waals surface area contributed by atoms with Crippen molar-refractivity contribution in [1.29, 1.82) is 0 Å². The summed E-state index contributed by atoms with van der Waals surface area (Å²) in [4.78, 5) is 11.5. The van der Waals surface area contributed by atoms with Crippen molar-refractivity contribution >= 4 is 6.29 Å². The number of hydrogen-bond donors (Lipinski definition) is 1. The van der Waals surface area contributed by atoms with Crippen LogP contribution in [-0.4, -0.2) is 6.29 Å². The van der Waals surface area contributed by atoms with E-state index in [1.165, 1.54) is 37.5 Å². The van der Waals surface area contributed by atoms with Crippen molar-refractivity contribution in [3.05, 3.63) is 119 Å². The molecule has 2 aromatic carbocycles. The van der Waals surface area contributed by atoms with Gasteiger partial charge in [-0.2, -0.15) is 13.2 Å². The lowest BCUT2D eigenvalue weighted by Gasteiger charge is -2.24. The summed E-state index contributed by atoms with van der Waals surface area (Å²) in [5, 5.41) is 0. The van der Waals surface area contributed by atoms with Crippen LogP contribution >= 0.6 is 0 Å². The molecule has 0 aromatic heterocycles. The Morgan fingerprint density at radius 2 is 1.63 bits per heavy atom.